The highest BCUT2D eigenvalue weighted by Crippen LogP contribution is 2.32. The van der Waals surface area contributed by atoms with Crippen molar-refractivity contribution in [3.8, 4) is 11.5 Å². The fourth-order valence-electron chi connectivity index (χ4n) is 2.55. The lowest BCUT2D eigenvalue weighted by Crippen LogP contribution is -2.27. The molecule has 0 atom stereocenters. The molecule has 0 aromatic heterocycles. The van der Waals surface area contributed by atoms with Gasteiger partial charge in [-0.05, 0) is 55.0 Å². The van der Waals surface area contributed by atoms with Crippen LogP contribution in [-0.2, 0) is 4.79 Å². The maximum atomic E-state index is 12.2. The van der Waals surface area contributed by atoms with Crippen molar-refractivity contribution in [3.05, 3.63) is 64.0 Å². The Bertz CT molecular complexity index is 866. The zero-order valence-electron chi connectivity index (χ0n) is 15.4. The average Bonchev–Trinajstić information content (AvgIpc) is 2.97. The van der Waals surface area contributed by atoms with Crippen molar-refractivity contribution in [2.45, 2.75) is 13.3 Å². The van der Waals surface area contributed by atoms with Crippen molar-refractivity contribution >= 4 is 51.9 Å². The highest BCUT2D eigenvalue weighted by molar-refractivity contribution is 8.26. The lowest BCUT2D eigenvalue weighted by Gasteiger charge is -2.09. The lowest BCUT2D eigenvalue weighted by molar-refractivity contribution is -0.121. The second-order valence-corrected chi connectivity index (χ2v) is 8.11. The molecule has 28 heavy (non-hydrogen) atoms. The number of benzene rings is 2. The number of ether oxygens (including phenoxy) is 2. The van der Waals surface area contributed by atoms with Crippen LogP contribution in [0.1, 0.15) is 18.9 Å². The van der Waals surface area contributed by atoms with E-state index in [-0.39, 0.29) is 5.91 Å². The van der Waals surface area contributed by atoms with E-state index in [1.165, 1.54) is 11.8 Å². The number of hydrogen-bond acceptors (Lipinski definition) is 5. The van der Waals surface area contributed by atoms with Gasteiger partial charge < -0.3 is 9.47 Å². The molecule has 1 saturated heterocycles. The second-order valence-electron chi connectivity index (χ2n) is 6.00. The quantitative estimate of drug-likeness (QED) is 0.316. The molecule has 2 aromatic rings. The minimum atomic E-state index is -0.0292. The van der Waals surface area contributed by atoms with E-state index < -0.39 is 0 Å². The van der Waals surface area contributed by atoms with Gasteiger partial charge in [0, 0.05) is 18.0 Å². The SMILES string of the molecule is CCN1C(=O)/C(=C\c2ccc(OCCCOc3ccc(Cl)cc3)cc2)SC1=S. The van der Waals surface area contributed by atoms with Crippen LogP contribution in [0.4, 0.5) is 0 Å². The molecule has 1 aliphatic heterocycles. The van der Waals surface area contributed by atoms with E-state index in [0.29, 0.717) is 34.0 Å². The van der Waals surface area contributed by atoms with Gasteiger partial charge in [0.1, 0.15) is 15.8 Å². The number of carbonyl (C=O) groups is 1. The molecule has 1 amide bonds. The van der Waals surface area contributed by atoms with Crippen LogP contribution >= 0.6 is 35.6 Å². The van der Waals surface area contributed by atoms with E-state index in [2.05, 4.69) is 0 Å². The molecule has 0 saturated carbocycles. The van der Waals surface area contributed by atoms with Crippen LogP contribution in [0.15, 0.2) is 53.4 Å². The number of carbonyl (C=O) groups excluding carboxylic acids is 1. The fraction of sp³-hybridized carbons (Fsp3) is 0.238. The molecule has 0 N–H and O–H groups in total. The molecular formula is C21H20ClNO3S2. The number of thiocarbonyl (C=S) groups is 1. The summed E-state index contributed by atoms with van der Waals surface area (Å²) in [5.74, 6) is 1.55. The first kappa shape index (κ1) is 20.7. The Morgan fingerprint density at radius 1 is 1.04 bits per heavy atom. The summed E-state index contributed by atoms with van der Waals surface area (Å²) >= 11 is 12.4. The number of rotatable bonds is 8. The molecule has 1 fully saturated rings. The van der Waals surface area contributed by atoms with Crippen LogP contribution in [0, 0.1) is 0 Å². The minimum Gasteiger partial charge on any atom is -0.493 e. The third-order valence-corrected chi connectivity index (χ3v) is 5.64. The van der Waals surface area contributed by atoms with Gasteiger partial charge in [-0.25, -0.2) is 0 Å². The Balaban J connectivity index is 1.44. The Morgan fingerprint density at radius 3 is 2.14 bits per heavy atom. The summed E-state index contributed by atoms with van der Waals surface area (Å²) in [4.78, 5) is 14.5. The lowest BCUT2D eigenvalue weighted by atomic mass is 10.2. The largest absolute Gasteiger partial charge is 0.493 e. The smallest absolute Gasteiger partial charge is 0.266 e. The molecule has 4 nitrogen and oxygen atoms in total. The Morgan fingerprint density at radius 2 is 1.61 bits per heavy atom. The molecule has 1 aliphatic rings. The monoisotopic (exact) mass is 433 g/mol. The predicted molar refractivity (Wildman–Crippen MR) is 119 cm³/mol. The highest BCUT2D eigenvalue weighted by Gasteiger charge is 2.30. The summed E-state index contributed by atoms with van der Waals surface area (Å²) in [5, 5.41) is 0.691. The van der Waals surface area contributed by atoms with Crippen LogP contribution < -0.4 is 9.47 Å². The molecule has 7 heteroatoms. The number of halogens is 1. The van der Waals surface area contributed by atoms with E-state index in [9.17, 15) is 4.79 Å². The average molecular weight is 434 g/mol. The normalized spacial score (nSPS) is 15.4. The predicted octanol–water partition coefficient (Wildman–Crippen LogP) is 5.41. The zero-order valence-corrected chi connectivity index (χ0v) is 17.8. The zero-order chi connectivity index (χ0) is 19.9. The van der Waals surface area contributed by atoms with Crippen molar-refractivity contribution in [1.82, 2.24) is 4.90 Å². The molecule has 0 spiro atoms. The minimum absolute atomic E-state index is 0.0292. The first-order valence-corrected chi connectivity index (χ1v) is 10.5. The fourth-order valence-corrected chi connectivity index (χ4v) is 4.06. The van der Waals surface area contributed by atoms with E-state index >= 15 is 0 Å². The summed E-state index contributed by atoms with van der Waals surface area (Å²) in [6, 6.07) is 14.9. The summed E-state index contributed by atoms with van der Waals surface area (Å²) in [6.07, 6.45) is 2.63. The number of thioether (sulfide) groups is 1. The molecule has 3 rings (SSSR count). The Kier molecular flexibility index (Phi) is 7.36. The van der Waals surface area contributed by atoms with E-state index in [0.717, 1.165) is 23.5 Å². The van der Waals surface area contributed by atoms with E-state index in [4.69, 9.17) is 33.3 Å². The van der Waals surface area contributed by atoms with Crippen molar-refractivity contribution < 1.29 is 14.3 Å². The standard InChI is InChI=1S/C21H20ClNO3S2/c1-2-23-20(24)19(28-21(23)27)14-15-4-8-17(9-5-15)25-12-3-13-26-18-10-6-16(22)7-11-18/h4-11,14H,2-3,12-13H2,1H3/b19-14+. The number of likely N-dealkylation sites (N-methyl/N-ethyl adjacent to an activating group) is 1. The van der Waals surface area contributed by atoms with E-state index in [1.807, 2.05) is 49.4 Å². The number of hydrogen-bond donors (Lipinski definition) is 0. The van der Waals surface area contributed by atoms with Gasteiger partial charge in [-0.1, -0.05) is 47.7 Å². The molecule has 146 valence electrons. The Hall–Kier alpha value is -2.02. The highest BCUT2D eigenvalue weighted by atomic mass is 35.5. The third kappa shape index (κ3) is 5.50. The summed E-state index contributed by atoms with van der Waals surface area (Å²) in [5.41, 5.74) is 0.940. The molecule has 0 radical (unpaired) electrons. The third-order valence-electron chi connectivity index (χ3n) is 4.01. The van der Waals surface area contributed by atoms with E-state index in [1.54, 1.807) is 17.0 Å². The molecule has 0 aliphatic carbocycles. The van der Waals surface area contributed by atoms with Gasteiger partial charge in [-0.15, -0.1) is 0 Å². The summed E-state index contributed by atoms with van der Waals surface area (Å²) < 4.78 is 12.0. The van der Waals surface area contributed by atoms with Gasteiger partial charge in [-0.3, -0.25) is 9.69 Å². The van der Waals surface area contributed by atoms with Gasteiger partial charge >= 0.3 is 0 Å². The maximum Gasteiger partial charge on any atom is 0.266 e. The second kappa shape index (κ2) is 9.96. The number of amides is 1. The maximum absolute atomic E-state index is 12.2. The first-order valence-electron chi connectivity index (χ1n) is 8.93. The molecule has 2 aromatic carbocycles. The van der Waals surface area contributed by atoms with Crippen LogP contribution in [0.3, 0.4) is 0 Å². The van der Waals surface area contributed by atoms with Gasteiger partial charge in [0.25, 0.3) is 5.91 Å². The van der Waals surface area contributed by atoms with Crippen LogP contribution in [0.25, 0.3) is 6.08 Å². The van der Waals surface area contributed by atoms with Crippen molar-refractivity contribution in [2.75, 3.05) is 19.8 Å². The Labute approximate surface area is 179 Å². The van der Waals surface area contributed by atoms with Gasteiger partial charge in [0.15, 0.2) is 0 Å². The van der Waals surface area contributed by atoms with Crippen LogP contribution in [0.5, 0.6) is 11.5 Å². The van der Waals surface area contributed by atoms with Crippen molar-refractivity contribution in [3.63, 3.8) is 0 Å². The molecule has 0 bridgehead atoms. The molecular weight excluding hydrogens is 414 g/mol. The van der Waals surface area contributed by atoms with Crippen molar-refractivity contribution in [2.24, 2.45) is 0 Å². The van der Waals surface area contributed by atoms with Crippen LogP contribution in [0.2, 0.25) is 5.02 Å². The summed E-state index contributed by atoms with van der Waals surface area (Å²) in [6.45, 7) is 3.64. The molecule has 1 heterocycles. The van der Waals surface area contributed by atoms with Gasteiger partial charge in [0.05, 0.1) is 18.1 Å². The first-order chi connectivity index (χ1) is 13.6. The van der Waals surface area contributed by atoms with Gasteiger partial charge in [0.2, 0.25) is 0 Å². The number of nitrogens with zero attached hydrogens (tertiary/aromatic N) is 1. The molecule has 0 unspecified atom stereocenters. The topological polar surface area (TPSA) is 38.8 Å². The van der Waals surface area contributed by atoms with Crippen molar-refractivity contribution in [1.29, 1.82) is 0 Å². The van der Waals surface area contributed by atoms with Crippen LogP contribution in [-0.4, -0.2) is 34.9 Å². The van der Waals surface area contributed by atoms with Gasteiger partial charge in [-0.2, -0.15) is 0 Å². The summed E-state index contributed by atoms with van der Waals surface area (Å²) in [7, 11) is 0.